The van der Waals surface area contributed by atoms with Crippen molar-refractivity contribution in [2.45, 2.75) is 31.7 Å². The molecule has 2 heterocycles. The van der Waals surface area contributed by atoms with E-state index in [0.717, 1.165) is 6.42 Å². The quantitative estimate of drug-likeness (QED) is 0.319. The van der Waals surface area contributed by atoms with E-state index in [9.17, 15) is 19.2 Å². The molecule has 0 aromatic heterocycles. The molecule has 0 atom stereocenters. The molecule has 2 rings (SSSR count). The van der Waals surface area contributed by atoms with E-state index < -0.39 is 29.3 Å². The number of piperazine rings is 1. The monoisotopic (exact) mass is 442 g/mol. The van der Waals surface area contributed by atoms with Crippen LogP contribution in [0.4, 0.5) is 4.79 Å². The van der Waals surface area contributed by atoms with Crippen molar-refractivity contribution in [2.24, 2.45) is 0 Å². The molecular weight excluding hydrogens is 415 g/mol. The third-order valence-corrected chi connectivity index (χ3v) is 4.01. The van der Waals surface area contributed by atoms with Crippen LogP contribution in [-0.4, -0.2) is 66.9 Å². The Morgan fingerprint density at radius 3 is 2.12 bits per heavy atom. The van der Waals surface area contributed by atoms with E-state index in [1.54, 1.807) is 4.90 Å². The van der Waals surface area contributed by atoms with Crippen LogP contribution >= 0.6 is 0 Å². The first kappa shape index (κ1) is 25.0. The number of nitrogens with zero attached hydrogens (tertiary/aromatic N) is 1. The SMILES string of the molecule is [CH2-]C(=O)NCC1(N2CCNCC2)C(=O)NC(=O)NC1=O.[CH2-]CCCC.[Y]. The number of hydrogen-bond acceptors (Lipinski definition) is 6. The topological polar surface area (TPSA) is 120 Å². The van der Waals surface area contributed by atoms with Crippen LogP contribution in [0.5, 0.6) is 0 Å². The number of carbonyl (C=O) groups is 4. The fourth-order valence-electron chi connectivity index (χ4n) is 2.63. The average Bonchev–Trinajstić information content (AvgIpc) is 2.56. The number of urea groups is 1. The smallest absolute Gasteiger partial charge is 0.328 e. The number of unbranched alkanes of at least 4 members (excludes halogenated alkanes) is 2. The van der Waals surface area contributed by atoms with Gasteiger partial charge in [-0.05, 0) is 0 Å². The van der Waals surface area contributed by atoms with Crippen LogP contribution in [0.15, 0.2) is 0 Å². The molecule has 145 valence electrons. The van der Waals surface area contributed by atoms with Gasteiger partial charge in [-0.2, -0.15) is 6.42 Å². The maximum atomic E-state index is 12.2. The summed E-state index contributed by atoms with van der Waals surface area (Å²) in [6.45, 7) is 10.9. The van der Waals surface area contributed by atoms with E-state index in [-0.39, 0.29) is 39.3 Å². The van der Waals surface area contributed by atoms with Gasteiger partial charge in [0, 0.05) is 58.9 Å². The third-order valence-electron chi connectivity index (χ3n) is 4.01. The Hall–Kier alpha value is -1.03. The molecule has 0 aromatic carbocycles. The van der Waals surface area contributed by atoms with Crippen molar-refractivity contribution in [1.82, 2.24) is 26.2 Å². The number of imide groups is 2. The number of nitrogens with one attached hydrogen (secondary N) is 4. The predicted octanol–water partition coefficient (Wildman–Crippen LogP) is -1.05. The summed E-state index contributed by atoms with van der Waals surface area (Å²) < 4.78 is 0. The van der Waals surface area contributed by atoms with Gasteiger partial charge < -0.3 is 29.3 Å². The van der Waals surface area contributed by atoms with Gasteiger partial charge in [-0.25, -0.2) is 4.79 Å². The molecule has 0 aromatic rings. The minimum atomic E-state index is -1.62. The minimum absolute atomic E-state index is 0. The Morgan fingerprint density at radius 2 is 1.73 bits per heavy atom. The second kappa shape index (κ2) is 12.4. The molecule has 0 spiro atoms. The van der Waals surface area contributed by atoms with Crippen LogP contribution in [0, 0.1) is 13.8 Å². The minimum Gasteiger partial charge on any atom is -0.378 e. The molecule has 0 saturated carbocycles. The van der Waals surface area contributed by atoms with Crippen LogP contribution in [0.2, 0.25) is 0 Å². The van der Waals surface area contributed by atoms with Crippen molar-refractivity contribution in [1.29, 1.82) is 0 Å². The molecule has 4 N–H and O–H groups in total. The molecule has 26 heavy (non-hydrogen) atoms. The Kier molecular flexibility index (Phi) is 11.9. The molecule has 1 radical (unpaired) electrons. The van der Waals surface area contributed by atoms with Crippen LogP contribution in [-0.2, 0) is 47.1 Å². The second-order valence-corrected chi connectivity index (χ2v) is 5.82. The average molecular weight is 442 g/mol. The van der Waals surface area contributed by atoms with Crippen LogP contribution in [0.3, 0.4) is 0 Å². The molecule has 5 amide bonds. The molecule has 0 aliphatic carbocycles. The van der Waals surface area contributed by atoms with Crippen molar-refractivity contribution in [2.75, 3.05) is 32.7 Å². The summed E-state index contributed by atoms with van der Waals surface area (Å²) in [5.74, 6) is -2.07. The number of carbonyl (C=O) groups excluding carboxylic acids is 4. The zero-order valence-electron chi connectivity index (χ0n) is 15.2. The summed E-state index contributed by atoms with van der Waals surface area (Å²) in [5, 5.41) is 9.64. The first-order valence-electron chi connectivity index (χ1n) is 8.40. The summed E-state index contributed by atoms with van der Waals surface area (Å²) in [6.07, 6.45) is 3.65. The van der Waals surface area contributed by atoms with Gasteiger partial charge in [0.25, 0.3) is 11.8 Å². The Morgan fingerprint density at radius 1 is 1.19 bits per heavy atom. The van der Waals surface area contributed by atoms with Gasteiger partial charge in [-0.3, -0.25) is 25.1 Å². The summed E-state index contributed by atoms with van der Waals surface area (Å²) in [7, 11) is 0. The number of barbiturate groups is 1. The van der Waals surface area contributed by atoms with E-state index in [1.165, 1.54) is 12.8 Å². The predicted molar refractivity (Wildman–Crippen MR) is 92.1 cm³/mol. The Bertz CT molecular complexity index is 487. The summed E-state index contributed by atoms with van der Waals surface area (Å²) in [6, 6.07) is -0.855. The van der Waals surface area contributed by atoms with E-state index in [1.807, 2.05) is 0 Å². The zero-order valence-corrected chi connectivity index (χ0v) is 18.1. The van der Waals surface area contributed by atoms with Crippen LogP contribution in [0.25, 0.3) is 0 Å². The van der Waals surface area contributed by atoms with Crippen molar-refractivity contribution in [3.8, 4) is 0 Å². The van der Waals surface area contributed by atoms with Crippen LogP contribution < -0.4 is 21.3 Å². The van der Waals surface area contributed by atoms with E-state index >= 15 is 0 Å². The largest absolute Gasteiger partial charge is 0.378 e. The number of hydrogen-bond donors (Lipinski definition) is 4. The van der Waals surface area contributed by atoms with E-state index in [4.69, 9.17) is 0 Å². The second-order valence-electron chi connectivity index (χ2n) is 5.82. The fourth-order valence-corrected chi connectivity index (χ4v) is 2.63. The van der Waals surface area contributed by atoms with Crippen molar-refractivity contribution < 1.29 is 51.9 Å². The van der Waals surface area contributed by atoms with Gasteiger partial charge >= 0.3 is 6.03 Å². The van der Waals surface area contributed by atoms with E-state index in [2.05, 4.69) is 42.0 Å². The number of rotatable bonds is 5. The molecule has 2 saturated heterocycles. The standard InChI is InChI=1S/C11H16N5O4.C5H11.Y/c1-7(17)13-6-11(16-4-2-12-3-5-16)8(18)14-10(20)15-9(11)19;1-3-5-4-2;/h12H,1-6H2,(H,13,17)(H2,14,15,18,19,20);1,3-5H2,2H3;/q2*-1;. The molecule has 2 aliphatic rings. The van der Waals surface area contributed by atoms with Crippen molar-refractivity contribution in [3.63, 3.8) is 0 Å². The van der Waals surface area contributed by atoms with Gasteiger partial charge in [0.2, 0.25) is 0 Å². The zero-order chi connectivity index (χ0) is 18.9. The third kappa shape index (κ3) is 6.61. The molecule has 10 heteroatoms. The van der Waals surface area contributed by atoms with Crippen LogP contribution in [0.1, 0.15) is 26.2 Å². The van der Waals surface area contributed by atoms with Gasteiger partial charge in [0.15, 0.2) is 5.54 Å². The van der Waals surface area contributed by atoms with Gasteiger partial charge in [-0.15, -0.1) is 0 Å². The molecule has 2 fully saturated rings. The number of amides is 5. The maximum absolute atomic E-state index is 12.2. The normalized spacial score (nSPS) is 19.2. The maximum Gasteiger partial charge on any atom is 0.328 e. The van der Waals surface area contributed by atoms with Crippen molar-refractivity contribution >= 4 is 23.8 Å². The summed E-state index contributed by atoms with van der Waals surface area (Å²) in [4.78, 5) is 48.3. The molecule has 2 aliphatic heterocycles. The summed E-state index contributed by atoms with van der Waals surface area (Å²) >= 11 is 0. The van der Waals surface area contributed by atoms with Gasteiger partial charge in [-0.1, -0.05) is 19.8 Å². The Labute approximate surface area is 179 Å². The fraction of sp³-hybridized carbons (Fsp3) is 0.625. The molecule has 0 bridgehead atoms. The molecular formula is C16H27N5O4Y-2. The van der Waals surface area contributed by atoms with Gasteiger partial charge in [0.05, 0.1) is 12.5 Å². The van der Waals surface area contributed by atoms with Gasteiger partial charge in [0.1, 0.15) is 0 Å². The first-order chi connectivity index (χ1) is 11.9. The Balaban J connectivity index is 0.000000923. The molecule has 9 nitrogen and oxygen atoms in total. The van der Waals surface area contributed by atoms with Crippen molar-refractivity contribution in [3.05, 3.63) is 13.8 Å². The first-order valence-corrected chi connectivity index (χ1v) is 8.40. The van der Waals surface area contributed by atoms with E-state index in [0.29, 0.717) is 26.2 Å². The molecule has 0 unspecified atom stereocenters. The summed E-state index contributed by atoms with van der Waals surface area (Å²) in [5.41, 5.74) is -1.62.